The minimum atomic E-state index is -1.36. The number of primary amides is 2. The first-order valence-corrected chi connectivity index (χ1v) is 31.7. The van der Waals surface area contributed by atoms with Crippen molar-refractivity contribution < 1.29 is 170 Å². The van der Waals surface area contributed by atoms with Gasteiger partial charge < -0.3 is 114 Å². The van der Waals surface area contributed by atoms with Crippen LogP contribution in [0.1, 0.15) is 111 Å². The lowest BCUT2D eigenvalue weighted by Gasteiger charge is -2.20. The maximum Gasteiger partial charge on any atom is 0.407 e. The molecular weight excluding hydrogens is 1500 g/mol. The predicted octanol–water partition coefficient (Wildman–Crippen LogP) is -1.30. The number of carbonyl (C=O) groups excluding carboxylic acids is 10. The third-order valence-corrected chi connectivity index (χ3v) is 11.3. The zero-order valence-corrected chi connectivity index (χ0v) is 58.5. The van der Waals surface area contributed by atoms with Gasteiger partial charge in [-0.25, -0.2) is 33.6 Å². The SMILES string of the molecule is CC(C)C(NC(=O)OCCCCO[N+](=O)[O-])C(=O)OCCCCO[N+](=O)[O-].CC(NC(=O)OCCOCCO[N+](=O)[O-])C(=O)OCCOCCO[N+](=O)[O-].NC(=O)CC(NC(=O)CCCO[N+](=O)[O-])C(=O)OCCCCO[N+](=O)[O-].NC(=O)CC(NC(=O)OCCCCO[N+](=O)[O-])C(=O)OCCCCO[N+](=O)[O-]. The second-order valence-electron chi connectivity index (χ2n) is 20.3. The minimum Gasteiger partial charge on any atom is -0.464 e. The maximum atomic E-state index is 12.0. The molecule has 4 unspecified atom stereocenters. The Labute approximate surface area is 608 Å². The molecule has 4 atom stereocenters. The lowest BCUT2D eigenvalue weighted by molar-refractivity contribution is -0.758. The summed E-state index contributed by atoms with van der Waals surface area (Å²) in [6.45, 7) is 2.80. The van der Waals surface area contributed by atoms with Gasteiger partial charge in [0.2, 0.25) is 17.7 Å². The van der Waals surface area contributed by atoms with Crippen LogP contribution in [0.5, 0.6) is 0 Å². The summed E-state index contributed by atoms with van der Waals surface area (Å²) in [4.78, 5) is 228. The lowest BCUT2D eigenvalue weighted by atomic mass is 10.1. The largest absolute Gasteiger partial charge is 0.464 e. The van der Waals surface area contributed by atoms with Gasteiger partial charge in [-0.3, -0.25) is 14.4 Å². The average Bonchev–Trinajstić information content (AvgIpc) is 0.841. The van der Waals surface area contributed by atoms with E-state index in [9.17, 15) is 129 Å². The van der Waals surface area contributed by atoms with Crippen molar-refractivity contribution in [2.45, 2.75) is 135 Å². The molecule has 0 aromatic heterocycles. The molecule has 0 fully saturated rings. The van der Waals surface area contributed by atoms with Crippen LogP contribution in [0.25, 0.3) is 0 Å². The highest BCUT2D eigenvalue weighted by atomic mass is 17.0. The van der Waals surface area contributed by atoms with Crippen LogP contribution in [-0.4, -0.2) is 250 Å². The van der Waals surface area contributed by atoms with E-state index < -0.39 is 138 Å². The van der Waals surface area contributed by atoms with E-state index >= 15 is 0 Å². The summed E-state index contributed by atoms with van der Waals surface area (Å²) in [6, 6.07) is -4.56. The van der Waals surface area contributed by atoms with Gasteiger partial charge in [0.25, 0.3) is 40.7 Å². The smallest absolute Gasteiger partial charge is 0.407 e. The molecule has 108 heavy (non-hydrogen) atoms. The second-order valence-corrected chi connectivity index (χ2v) is 20.3. The van der Waals surface area contributed by atoms with Crippen molar-refractivity contribution in [3.8, 4) is 0 Å². The number of nitrogens with two attached hydrogens (primary N) is 2. The van der Waals surface area contributed by atoms with E-state index in [1.807, 2.05) is 0 Å². The van der Waals surface area contributed by atoms with E-state index in [0.717, 1.165) is 0 Å². The summed E-state index contributed by atoms with van der Waals surface area (Å²) in [7, 11) is 0. The van der Waals surface area contributed by atoms with Gasteiger partial charge in [-0.15, -0.1) is 80.9 Å². The first-order valence-electron chi connectivity index (χ1n) is 31.7. The van der Waals surface area contributed by atoms with Gasteiger partial charge in [-0.05, 0) is 83.5 Å². The summed E-state index contributed by atoms with van der Waals surface area (Å²) in [5, 5.41) is 80.9. The molecule has 0 aliphatic rings. The first kappa shape index (κ1) is 102. The van der Waals surface area contributed by atoms with Gasteiger partial charge in [0.15, 0.2) is 0 Å². The van der Waals surface area contributed by atoms with Crippen LogP contribution in [0.15, 0.2) is 0 Å². The standard InChI is InChI=1S/C14H25N3O10.C13H22N4O11.C12H20N4O10.C12H21N3O12/c1-11(2)12(13(18)24-7-3-5-9-26-16(20)21)15-14(19)25-8-4-6-10-27-17(22)23;14-11(18)9-10(12(19)25-5-1-3-7-27-16(21)22)15-13(20)26-6-2-4-8-28-17(23)24;13-10(17)8-9(14-11(18)4-3-7-26-16(22)23)12(19)24-5-1-2-6-25-15(20)21;1-10(11(16)24-6-2-22-4-8-26-14(18)19)13-12(17)25-7-3-23-5-9-27-15(20)21/h11-12H,3-10H2,1-2H3,(H,15,19);10H,1-9H2,(H2,14,18)(H,15,20);9H,1-8H2,(H2,13,17)(H,14,18);10H,2-9H2,1H3,(H,13,17). The Balaban J connectivity index is -0.000000668. The van der Waals surface area contributed by atoms with Crippen molar-refractivity contribution in [3.63, 3.8) is 0 Å². The number of rotatable bonds is 62. The summed E-state index contributed by atoms with van der Waals surface area (Å²) < 4.78 is 43.8. The van der Waals surface area contributed by atoms with Gasteiger partial charge in [-0.1, -0.05) is 13.8 Å². The number of ether oxygens (including phenoxy) is 9. The molecule has 0 spiro atoms. The maximum absolute atomic E-state index is 12.0. The Kier molecular flexibility index (Phi) is 64.0. The summed E-state index contributed by atoms with van der Waals surface area (Å²) in [5.74, 6) is -5.79. The van der Waals surface area contributed by atoms with Crippen molar-refractivity contribution >= 4 is 59.9 Å². The number of alkyl carbamates (subject to hydrolysis) is 3. The highest BCUT2D eigenvalue weighted by Crippen LogP contribution is 2.08. The molecule has 0 aromatic rings. The third-order valence-electron chi connectivity index (χ3n) is 11.3. The molecule has 0 heterocycles. The molecule has 57 nitrogen and oxygen atoms in total. The van der Waals surface area contributed by atoms with Crippen LogP contribution in [0.3, 0.4) is 0 Å². The quantitative estimate of drug-likeness (QED) is 0.0135. The van der Waals surface area contributed by atoms with E-state index in [0.29, 0.717) is 25.7 Å². The summed E-state index contributed by atoms with van der Waals surface area (Å²) in [5.41, 5.74) is 10.0. The average molecular weight is 1590 g/mol. The molecule has 0 aromatic carbocycles. The number of esters is 4. The zero-order valence-electron chi connectivity index (χ0n) is 58.5. The molecule has 0 aliphatic carbocycles. The van der Waals surface area contributed by atoms with E-state index in [4.69, 9.17) is 54.1 Å². The fourth-order valence-electron chi connectivity index (χ4n) is 6.48. The Morgan fingerprint density at radius 1 is 0.296 bits per heavy atom. The number of unbranched alkanes of at least 4 members (excludes halogenated alkanes) is 5. The summed E-state index contributed by atoms with van der Waals surface area (Å²) in [6.07, 6.45) is -0.816. The van der Waals surface area contributed by atoms with Crippen molar-refractivity contribution in [1.29, 1.82) is 0 Å². The topological polar surface area (TPSA) is 773 Å². The Morgan fingerprint density at radius 2 is 0.556 bits per heavy atom. The monoisotopic (exact) mass is 1580 g/mol. The van der Waals surface area contributed by atoms with E-state index in [2.05, 4.69) is 60.0 Å². The Hall–Kier alpha value is -12.4. The van der Waals surface area contributed by atoms with Gasteiger partial charge in [-0.2, -0.15) is 0 Å². The molecule has 0 saturated carbocycles. The fourth-order valence-corrected chi connectivity index (χ4v) is 6.48. The number of nitrogens with one attached hydrogen (secondary N) is 4. The number of carbonyl (C=O) groups is 10. The first-order chi connectivity index (χ1) is 51.0. The number of nitrogens with zero attached hydrogens (tertiary/aromatic N) is 8. The van der Waals surface area contributed by atoms with Gasteiger partial charge in [0, 0.05) is 6.42 Å². The van der Waals surface area contributed by atoms with Crippen LogP contribution >= 0.6 is 0 Å². The third kappa shape index (κ3) is 74.8. The highest BCUT2D eigenvalue weighted by Gasteiger charge is 2.28. The molecule has 0 radical (unpaired) electrons. The molecule has 0 rings (SSSR count). The van der Waals surface area contributed by atoms with Gasteiger partial charge >= 0.3 is 42.2 Å². The number of hydrogen-bond acceptors (Lipinski definition) is 43. The molecule has 0 bridgehead atoms. The highest BCUT2D eigenvalue weighted by molar-refractivity contribution is 5.89. The molecule has 57 heteroatoms. The summed E-state index contributed by atoms with van der Waals surface area (Å²) >= 11 is 0. The van der Waals surface area contributed by atoms with Crippen molar-refractivity contribution in [2.24, 2.45) is 17.4 Å². The second kappa shape index (κ2) is 67.8. The fraction of sp³-hybridized carbons (Fsp3) is 0.804. The Bertz CT molecular complexity index is 2720. The van der Waals surface area contributed by atoms with Gasteiger partial charge in [0.1, 0.15) is 50.6 Å². The molecule has 0 saturated heterocycles. The van der Waals surface area contributed by atoms with E-state index in [-0.39, 0.29) is 183 Å². The van der Waals surface area contributed by atoms with E-state index in [1.54, 1.807) is 13.8 Å². The lowest BCUT2D eigenvalue weighted by Crippen LogP contribution is -2.45. The van der Waals surface area contributed by atoms with Crippen molar-refractivity contribution in [1.82, 2.24) is 21.3 Å². The van der Waals surface area contributed by atoms with Crippen LogP contribution in [-0.2, 0) is 115 Å². The van der Waals surface area contributed by atoms with Gasteiger partial charge in [0.05, 0.1) is 112 Å². The normalized spacial score (nSPS) is 11.1. The van der Waals surface area contributed by atoms with Crippen LogP contribution in [0.4, 0.5) is 14.4 Å². The predicted molar refractivity (Wildman–Crippen MR) is 339 cm³/mol. The van der Waals surface area contributed by atoms with Crippen LogP contribution < -0.4 is 32.7 Å². The number of hydrogen-bond donors (Lipinski definition) is 6. The number of amides is 6. The Morgan fingerprint density at radius 3 is 0.898 bits per heavy atom. The zero-order chi connectivity index (χ0) is 82.5. The molecule has 0 aliphatic heterocycles. The molecular formula is C51H88N14O43. The van der Waals surface area contributed by atoms with E-state index in [1.165, 1.54) is 6.92 Å². The molecule has 8 N–H and O–H groups in total. The molecule has 620 valence electrons. The molecule has 6 amide bonds. The van der Waals surface area contributed by atoms with Crippen LogP contribution in [0, 0.1) is 86.8 Å². The van der Waals surface area contributed by atoms with Crippen LogP contribution in [0.2, 0.25) is 0 Å². The van der Waals surface area contributed by atoms with Crippen molar-refractivity contribution in [2.75, 3.05) is 126 Å². The minimum absolute atomic E-state index is 0.00147. The van der Waals surface area contributed by atoms with Crippen molar-refractivity contribution in [3.05, 3.63) is 80.9 Å².